The van der Waals surface area contributed by atoms with Crippen LogP contribution in [0.4, 0.5) is 0 Å². The van der Waals surface area contributed by atoms with Crippen molar-refractivity contribution in [1.29, 1.82) is 0 Å². The van der Waals surface area contributed by atoms with Gasteiger partial charge in [0.1, 0.15) is 0 Å². The average Bonchev–Trinajstić information content (AvgIpc) is 3.85. The number of hydrogen-bond donors (Lipinski definition) is 0. The second-order valence-corrected chi connectivity index (χ2v) is 16.0. The zero-order valence-electron chi connectivity index (χ0n) is 33.4. The minimum Gasteiger partial charge on any atom is -0.309 e. The van der Waals surface area contributed by atoms with E-state index in [4.69, 9.17) is 15.0 Å². The third-order valence-corrected chi connectivity index (χ3v) is 12.5. The summed E-state index contributed by atoms with van der Waals surface area (Å²) in [6.45, 7) is 0. The Morgan fingerprint density at radius 2 is 0.806 bits per heavy atom. The van der Waals surface area contributed by atoms with Gasteiger partial charge in [0.05, 0.1) is 33.4 Å². The van der Waals surface area contributed by atoms with Gasteiger partial charge in [0.2, 0.25) is 0 Å². The van der Waals surface area contributed by atoms with Crippen LogP contribution in [0.2, 0.25) is 0 Å². The molecular formula is C57H35N5. The lowest BCUT2D eigenvalue weighted by Crippen LogP contribution is -2.02. The van der Waals surface area contributed by atoms with Crippen molar-refractivity contribution in [3.8, 4) is 45.5 Å². The molecule has 5 nitrogen and oxygen atoms in total. The predicted molar refractivity (Wildman–Crippen MR) is 257 cm³/mol. The van der Waals surface area contributed by atoms with Gasteiger partial charge in [-0.1, -0.05) is 176 Å². The van der Waals surface area contributed by atoms with Crippen molar-refractivity contribution in [3.05, 3.63) is 212 Å². The summed E-state index contributed by atoms with van der Waals surface area (Å²) in [5.41, 5.74) is 9.77. The molecule has 0 N–H and O–H groups in total. The third kappa shape index (κ3) is 5.18. The molecule has 0 radical (unpaired) electrons. The van der Waals surface area contributed by atoms with E-state index >= 15 is 0 Å². The van der Waals surface area contributed by atoms with E-state index < -0.39 is 0 Å². The SMILES string of the molecule is c1ccc(-c2nc(-c3ccccc3)nc(-c3ccc(-n4c5ccccc5c5cc6c7ccc8ccccc8c7n(-c7cccc8ccccc78)c6cc54)c4ccccc34)n2)cc1. The van der Waals surface area contributed by atoms with E-state index in [2.05, 4.69) is 185 Å². The first-order valence-corrected chi connectivity index (χ1v) is 21.0. The van der Waals surface area contributed by atoms with Crippen molar-refractivity contribution in [2.75, 3.05) is 0 Å². The van der Waals surface area contributed by atoms with Gasteiger partial charge < -0.3 is 9.13 Å². The van der Waals surface area contributed by atoms with Crippen LogP contribution < -0.4 is 0 Å². The quantitative estimate of drug-likeness (QED) is 0.174. The van der Waals surface area contributed by atoms with Crippen LogP contribution in [-0.2, 0) is 0 Å². The molecule has 0 spiro atoms. The Morgan fingerprint density at radius 3 is 1.55 bits per heavy atom. The van der Waals surface area contributed by atoms with Gasteiger partial charge >= 0.3 is 0 Å². The Kier molecular flexibility index (Phi) is 7.54. The molecule has 0 aliphatic carbocycles. The lowest BCUT2D eigenvalue weighted by atomic mass is 10.0. The Balaban J connectivity index is 1.11. The number of fused-ring (bicyclic) bond motifs is 10. The molecule has 0 saturated carbocycles. The van der Waals surface area contributed by atoms with Crippen LogP contribution in [0.15, 0.2) is 212 Å². The van der Waals surface area contributed by atoms with Crippen LogP contribution in [0.5, 0.6) is 0 Å². The number of aromatic nitrogens is 5. The molecule has 0 fully saturated rings. The van der Waals surface area contributed by atoms with E-state index in [0.717, 1.165) is 49.7 Å². The van der Waals surface area contributed by atoms with E-state index in [-0.39, 0.29) is 0 Å². The number of nitrogens with zero attached hydrogens (tertiary/aromatic N) is 5. The van der Waals surface area contributed by atoms with Crippen LogP contribution in [0.1, 0.15) is 0 Å². The van der Waals surface area contributed by atoms with Gasteiger partial charge in [-0.2, -0.15) is 0 Å². The van der Waals surface area contributed by atoms with Crippen LogP contribution in [0.25, 0.3) is 121 Å². The van der Waals surface area contributed by atoms with Gasteiger partial charge in [-0.15, -0.1) is 0 Å². The molecule has 288 valence electrons. The van der Waals surface area contributed by atoms with Crippen molar-refractivity contribution < 1.29 is 0 Å². The van der Waals surface area contributed by atoms with Gasteiger partial charge in [0.15, 0.2) is 17.5 Å². The summed E-state index contributed by atoms with van der Waals surface area (Å²) in [6, 6.07) is 75.8. The lowest BCUT2D eigenvalue weighted by Gasteiger charge is -2.16. The fraction of sp³-hybridized carbons (Fsp3) is 0. The van der Waals surface area contributed by atoms with Gasteiger partial charge in [-0.25, -0.2) is 15.0 Å². The molecule has 0 bridgehead atoms. The maximum atomic E-state index is 5.15. The highest BCUT2D eigenvalue weighted by Crippen LogP contribution is 2.44. The van der Waals surface area contributed by atoms with Gasteiger partial charge in [0, 0.05) is 54.4 Å². The number of hydrogen-bond acceptors (Lipinski definition) is 3. The van der Waals surface area contributed by atoms with E-state index in [9.17, 15) is 0 Å². The molecule has 3 heterocycles. The first kappa shape index (κ1) is 34.5. The zero-order chi connectivity index (χ0) is 40.7. The molecule has 13 aromatic rings. The van der Waals surface area contributed by atoms with Crippen molar-refractivity contribution in [3.63, 3.8) is 0 Å². The molecule has 0 atom stereocenters. The molecule has 5 heteroatoms. The van der Waals surface area contributed by atoms with Gasteiger partial charge in [-0.05, 0) is 52.6 Å². The first-order chi connectivity index (χ1) is 30.8. The molecule has 62 heavy (non-hydrogen) atoms. The monoisotopic (exact) mass is 789 g/mol. The van der Waals surface area contributed by atoms with Crippen molar-refractivity contribution in [2.45, 2.75) is 0 Å². The average molecular weight is 790 g/mol. The fourth-order valence-corrected chi connectivity index (χ4v) is 9.75. The summed E-state index contributed by atoms with van der Waals surface area (Å²) >= 11 is 0. The molecule has 0 unspecified atom stereocenters. The molecule has 3 aromatic heterocycles. The maximum Gasteiger partial charge on any atom is 0.164 e. The van der Waals surface area contributed by atoms with E-state index in [1.54, 1.807) is 0 Å². The first-order valence-electron chi connectivity index (χ1n) is 21.0. The molecule has 0 aliphatic rings. The highest BCUT2D eigenvalue weighted by atomic mass is 15.0. The fourth-order valence-electron chi connectivity index (χ4n) is 9.75. The van der Waals surface area contributed by atoms with Crippen molar-refractivity contribution in [2.24, 2.45) is 0 Å². The summed E-state index contributed by atoms with van der Waals surface area (Å²) in [5, 5.41) is 12.0. The summed E-state index contributed by atoms with van der Waals surface area (Å²) in [6.07, 6.45) is 0. The van der Waals surface area contributed by atoms with Gasteiger partial charge in [-0.3, -0.25) is 0 Å². The molecule has 0 aliphatic heterocycles. The molecule has 0 amide bonds. The highest BCUT2D eigenvalue weighted by molar-refractivity contribution is 6.24. The number of rotatable bonds is 5. The van der Waals surface area contributed by atoms with Crippen LogP contribution >= 0.6 is 0 Å². The van der Waals surface area contributed by atoms with E-state index in [0.29, 0.717) is 17.5 Å². The lowest BCUT2D eigenvalue weighted by molar-refractivity contribution is 1.08. The third-order valence-electron chi connectivity index (χ3n) is 12.5. The Morgan fingerprint density at radius 1 is 0.274 bits per heavy atom. The Bertz CT molecular complexity index is 3860. The van der Waals surface area contributed by atoms with E-state index in [1.165, 1.54) is 54.3 Å². The standard InChI is InChI=1S/C57H35N5/c1-3-18-38(19-4-1)55-58-56(39-20-5-2-6-21-39)60-57(59-55)46-32-33-51(43-26-12-11-25-42(43)46)61-50-28-14-13-27-44(50)47-34-48-45-31-30-37-17-8-10-24-41(37)54(45)62(53(48)35-52(47)61)49-29-15-22-36-16-7-9-23-40(36)49/h1-35H. The van der Waals surface area contributed by atoms with Gasteiger partial charge in [0.25, 0.3) is 0 Å². The molecule has 10 aromatic carbocycles. The van der Waals surface area contributed by atoms with E-state index in [1.807, 2.05) is 36.4 Å². The largest absolute Gasteiger partial charge is 0.309 e. The maximum absolute atomic E-state index is 5.15. The minimum atomic E-state index is 0.635. The zero-order valence-corrected chi connectivity index (χ0v) is 33.4. The minimum absolute atomic E-state index is 0.635. The molecule has 13 rings (SSSR count). The Hall–Kier alpha value is -8.41. The van der Waals surface area contributed by atoms with Crippen LogP contribution in [0.3, 0.4) is 0 Å². The number of benzene rings is 10. The number of para-hydroxylation sites is 1. The predicted octanol–water partition coefficient (Wildman–Crippen LogP) is 14.5. The normalized spacial score (nSPS) is 11.9. The summed E-state index contributed by atoms with van der Waals surface area (Å²) in [7, 11) is 0. The smallest absolute Gasteiger partial charge is 0.164 e. The van der Waals surface area contributed by atoms with Crippen LogP contribution in [-0.4, -0.2) is 24.1 Å². The topological polar surface area (TPSA) is 48.5 Å². The second-order valence-electron chi connectivity index (χ2n) is 16.0. The Labute approximate surface area is 356 Å². The highest BCUT2D eigenvalue weighted by Gasteiger charge is 2.22. The molecular weight excluding hydrogens is 755 g/mol. The van der Waals surface area contributed by atoms with Crippen molar-refractivity contribution in [1.82, 2.24) is 24.1 Å². The summed E-state index contributed by atoms with van der Waals surface area (Å²) in [4.78, 5) is 15.3. The summed E-state index contributed by atoms with van der Waals surface area (Å²) < 4.78 is 4.96. The van der Waals surface area contributed by atoms with Crippen molar-refractivity contribution >= 4 is 75.9 Å². The van der Waals surface area contributed by atoms with Crippen LogP contribution in [0, 0.1) is 0 Å². The second kappa shape index (κ2) is 13.6. The summed E-state index contributed by atoms with van der Waals surface area (Å²) in [5.74, 6) is 1.92. The molecule has 0 saturated heterocycles.